The highest BCUT2D eigenvalue weighted by atomic mass is 32.2. The van der Waals surface area contributed by atoms with Gasteiger partial charge in [-0.05, 0) is 25.5 Å². The van der Waals surface area contributed by atoms with Crippen LogP contribution < -0.4 is 5.73 Å². The Labute approximate surface area is 112 Å². The summed E-state index contributed by atoms with van der Waals surface area (Å²) in [4.78, 5) is 19.5. The van der Waals surface area contributed by atoms with Crippen molar-refractivity contribution < 1.29 is 9.53 Å². The summed E-state index contributed by atoms with van der Waals surface area (Å²) in [5.41, 5.74) is 4.98. The third kappa shape index (κ3) is 5.01. The number of thioether (sulfide) groups is 1. The molecule has 0 bridgehead atoms. The van der Waals surface area contributed by atoms with Gasteiger partial charge in [-0.2, -0.15) is 0 Å². The third-order valence-electron chi connectivity index (χ3n) is 2.53. The normalized spacial score (nSPS) is 13.9. The van der Waals surface area contributed by atoms with E-state index in [2.05, 4.69) is 14.7 Å². The molecule has 1 unspecified atom stereocenters. The molecule has 1 rings (SSSR count). The fourth-order valence-corrected chi connectivity index (χ4v) is 2.29. The number of unbranched alkanes of at least 4 members (excludes halogenated alkanes) is 1. The van der Waals surface area contributed by atoms with Crippen molar-refractivity contribution in [3.63, 3.8) is 0 Å². The summed E-state index contributed by atoms with van der Waals surface area (Å²) >= 11 is 1.65. The number of nitrogens with two attached hydrogens (primary N) is 1. The number of hydrogen-bond donors (Lipinski definition) is 1. The van der Waals surface area contributed by atoms with Crippen molar-refractivity contribution in [2.75, 3.05) is 12.9 Å². The summed E-state index contributed by atoms with van der Waals surface area (Å²) in [6, 6.07) is 0. The van der Waals surface area contributed by atoms with Crippen LogP contribution in [0.4, 0.5) is 0 Å². The Morgan fingerprint density at radius 1 is 1.50 bits per heavy atom. The molecule has 1 aromatic heterocycles. The van der Waals surface area contributed by atoms with Crippen molar-refractivity contribution in [3.05, 3.63) is 18.6 Å². The van der Waals surface area contributed by atoms with Crippen LogP contribution >= 0.6 is 11.8 Å². The van der Waals surface area contributed by atoms with Crippen LogP contribution in [0.1, 0.15) is 26.2 Å². The summed E-state index contributed by atoms with van der Waals surface area (Å²) in [7, 11) is 1.36. The van der Waals surface area contributed by atoms with Gasteiger partial charge in [-0.15, -0.1) is 11.8 Å². The first-order valence-corrected chi connectivity index (χ1v) is 6.81. The lowest BCUT2D eigenvalue weighted by atomic mass is 9.97. The molecular weight excluding hydrogens is 250 g/mol. The van der Waals surface area contributed by atoms with E-state index in [0.29, 0.717) is 6.42 Å². The number of esters is 1. The molecule has 5 nitrogen and oxygen atoms in total. The van der Waals surface area contributed by atoms with Crippen LogP contribution in [-0.2, 0) is 9.53 Å². The van der Waals surface area contributed by atoms with E-state index in [1.165, 1.54) is 7.11 Å². The first-order chi connectivity index (χ1) is 8.56. The number of ether oxygens (including phenoxy) is 1. The standard InChI is InChI=1S/C12H19N3O2S/c1-12(13,11(16)17-2)5-3-4-8-18-10-9-14-6-7-15-10/h6-7,9H,3-5,8,13H2,1-2H3. The largest absolute Gasteiger partial charge is 0.468 e. The van der Waals surface area contributed by atoms with Gasteiger partial charge >= 0.3 is 5.97 Å². The second-order valence-corrected chi connectivity index (χ2v) is 5.37. The maximum absolute atomic E-state index is 11.3. The van der Waals surface area contributed by atoms with Crippen molar-refractivity contribution in [2.24, 2.45) is 5.73 Å². The van der Waals surface area contributed by atoms with Gasteiger partial charge in [0.15, 0.2) is 0 Å². The second-order valence-electron chi connectivity index (χ2n) is 4.26. The molecule has 0 spiro atoms. The zero-order valence-electron chi connectivity index (χ0n) is 10.8. The lowest BCUT2D eigenvalue weighted by Gasteiger charge is -2.20. The van der Waals surface area contributed by atoms with Crippen LogP contribution in [0, 0.1) is 0 Å². The first kappa shape index (κ1) is 14.9. The van der Waals surface area contributed by atoms with Crippen LogP contribution in [0.3, 0.4) is 0 Å². The molecule has 1 heterocycles. The van der Waals surface area contributed by atoms with E-state index in [1.54, 1.807) is 37.3 Å². The van der Waals surface area contributed by atoms with E-state index in [4.69, 9.17) is 5.73 Å². The fraction of sp³-hybridized carbons (Fsp3) is 0.583. The van der Waals surface area contributed by atoms with Gasteiger partial charge in [0.2, 0.25) is 0 Å². The Bertz CT molecular complexity index is 371. The van der Waals surface area contributed by atoms with E-state index in [-0.39, 0.29) is 5.97 Å². The maximum Gasteiger partial charge on any atom is 0.325 e. The second kappa shape index (κ2) is 7.33. The maximum atomic E-state index is 11.3. The minimum absolute atomic E-state index is 0.357. The molecule has 0 saturated heterocycles. The summed E-state index contributed by atoms with van der Waals surface area (Å²) in [5.74, 6) is 0.583. The van der Waals surface area contributed by atoms with Crippen molar-refractivity contribution in [2.45, 2.75) is 36.8 Å². The molecule has 0 amide bonds. The van der Waals surface area contributed by atoms with Crippen LogP contribution in [0.2, 0.25) is 0 Å². The highest BCUT2D eigenvalue weighted by Crippen LogP contribution is 2.18. The number of nitrogens with zero attached hydrogens (tertiary/aromatic N) is 2. The molecule has 100 valence electrons. The predicted molar refractivity (Wildman–Crippen MR) is 71.2 cm³/mol. The Morgan fingerprint density at radius 3 is 2.89 bits per heavy atom. The van der Waals surface area contributed by atoms with Gasteiger partial charge in [0.25, 0.3) is 0 Å². The minimum Gasteiger partial charge on any atom is -0.468 e. The van der Waals surface area contributed by atoms with Crippen LogP contribution in [0.5, 0.6) is 0 Å². The average molecular weight is 269 g/mol. The monoisotopic (exact) mass is 269 g/mol. The molecule has 0 aliphatic rings. The van der Waals surface area contributed by atoms with Gasteiger partial charge < -0.3 is 10.5 Å². The Balaban J connectivity index is 2.17. The molecule has 1 aromatic rings. The highest BCUT2D eigenvalue weighted by Gasteiger charge is 2.28. The number of carbonyl (C=O) groups is 1. The number of rotatable bonds is 7. The SMILES string of the molecule is COC(=O)C(C)(N)CCCCSc1cnccn1. The van der Waals surface area contributed by atoms with Gasteiger partial charge in [0.05, 0.1) is 13.3 Å². The molecule has 0 aliphatic carbocycles. The Kier molecular flexibility index (Phi) is 6.07. The Morgan fingerprint density at radius 2 is 2.28 bits per heavy atom. The molecule has 0 saturated carbocycles. The lowest BCUT2D eigenvalue weighted by Crippen LogP contribution is -2.45. The summed E-state index contributed by atoms with van der Waals surface area (Å²) in [6.07, 6.45) is 7.56. The van der Waals surface area contributed by atoms with Gasteiger partial charge in [-0.25, -0.2) is 4.98 Å². The van der Waals surface area contributed by atoms with Crippen molar-refractivity contribution in [1.82, 2.24) is 9.97 Å². The van der Waals surface area contributed by atoms with E-state index in [1.807, 2.05) is 0 Å². The summed E-state index contributed by atoms with van der Waals surface area (Å²) in [6.45, 7) is 1.70. The molecular formula is C12H19N3O2S. The molecule has 0 radical (unpaired) electrons. The fourth-order valence-electron chi connectivity index (χ4n) is 1.47. The lowest BCUT2D eigenvalue weighted by molar-refractivity contribution is -0.146. The van der Waals surface area contributed by atoms with E-state index >= 15 is 0 Å². The average Bonchev–Trinajstić information content (AvgIpc) is 2.38. The molecule has 2 N–H and O–H groups in total. The van der Waals surface area contributed by atoms with Crippen LogP contribution in [0.15, 0.2) is 23.6 Å². The topological polar surface area (TPSA) is 78.1 Å². The predicted octanol–water partition coefficient (Wildman–Crippen LogP) is 1.63. The number of hydrogen-bond acceptors (Lipinski definition) is 6. The summed E-state index contributed by atoms with van der Waals surface area (Å²) in [5, 5.41) is 0.918. The molecule has 0 aromatic carbocycles. The van der Waals surface area contributed by atoms with Crippen molar-refractivity contribution in [3.8, 4) is 0 Å². The smallest absolute Gasteiger partial charge is 0.325 e. The van der Waals surface area contributed by atoms with E-state index in [9.17, 15) is 4.79 Å². The zero-order valence-corrected chi connectivity index (χ0v) is 11.6. The number of carbonyl (C=O) groups excluding carboxylic acids is 1. The highest BCUT2D eigenvalue weighted by molar-refractivity contribution is 7.99. The molecule has 0 aliphatic heterocycles. The van der Waals surface area contributed by atoms with Gasteiger partial charge in [-0.1, -0.05) is 6.42 Å². The zero-order chi connectivity index (χ0) is 13.4. The molecule has 1 atom stereocenters. The quantitative estimate of drug-likeness (QED) is 0.460. The molecule has 0 fully saturated rings. The first-order valence-electron chi connectivity index (χ1n) is 5.82. The van der Waals surface area contributed by atoms with Gasteiger partial charge in [-0.3, -0.25) is 9.78 Å². The van der Waals surface area contributed by atoms with E-state index in [0.717, 1.165) is 23.6 Å². The van der Waals surface area contributed by atoms with Crippen molar-refractivity contribution in [1.29, 1.82) is 0 Å². The van der Waals surface area contributed by atoms with Crippen LogP contribution in [-0.4, -0.2) is 34.3 Å². The van der Waals surface area contributed by atoms with Crippen LogP contribution in [0.25, 0.3) is 0 Å². The van der Waals surface area contributed by atoms with Gasteiger partial charge in [0, 0.05) is 12.4 Å². The molecule has 6 heteroatoms. The third-order valence-corrected chi connectivity index (χ3v) is 3.53. The molecule has 18 heavy (non-hydrogen) atoms. The Hall–Kier alpha value is -1.14. The number of methoxy groups -OCH3 is 1. The van der Waals surface area contributed by atoms with Gasteiger partial charge in [0.1, 0.15) is 10.6 Å². The number of aromatic nitrogens is 2. The van der Waals surface area contributed by atoms with Crippen molar-refractivity contribution >= 4 is 17.7 Å². The minimum atomic E-state index is -0.883. The van der Waals surface area contributed by atoms with E-state index < -0.39 is 5.54 Å². The summed E-state index contributed by atoms with van der Waals surface area (Å²) < 4.78 is 4.65.